The van der Waals surface area contributed by atoms with E-state index in [0.29, 0.717) is 6.42 Å². The summed E-state index contributed by atoms with van der Waals surface area (Å²) < 4.78 is 2.90. The van der Waals surface area contributed by atoms with Crippen molar-refractivity contribution in [3.63, 3.8) is 0 Å². The summed E-state index contributed by atoms with van der Waals surface area (Å²) in [5.74, 6) is 0. The van der Waals surface area contributed by atoms with E-state index >= 15 is 0 Å². The molecule has 0 saturated carbocycles. The molecule has 1 saturated heterocycles. The number of anilines is 1. The third-order valence-corrected chi connectivity index (χ3v) is 4.98. The van der Waals surface area contributed by atoms with Gasteiger partial charge in [-0.3, -0.25) is 0 Å². The molecule has 2 aromatic rings. The first-order valence-electron chi connectivity index (χ1n) is 8.89. The first kappa shape index (κ1) is 17.7. The summed E-state index contributed by atoms with van der Waals surface area (Å²) >= 11 is 0. The van der Waals surface area contributed by atoms with Gasteiger partial charge < -0.3 is 14.9 Å². The van der Waals surface area contributed by atoms with E-state index in [4.69, 9.17) is 0 Å². The van der Waals surface area contributed by atoms with Crippen LogP contribution in [0.2, 0.25) is 0 Å². The van der Waals surface area contributed by atoms with E-state index < -0.39 is 6.10 Å². The summed E-state index contributed by atoms with van der Waals surface area (Å²) in [6, 6.07) is 7.69. The fourth-order valence-corrected chi connectivity index (χ4v) is 3.33. The lowest BCUT2D eigenvalue weighted by Gasteiger charge is -2.34. The molecule has 1 aromatic heterocycles. The van der Waals surface area contributed by atoms with Crippen molar-refractivity contribution < 1.29 is 5.11 Å². The van der Waals surface area contributed by atoms with Crippen molar-refractivity contribution in [3.8, 4) is 5.69 Å². The third-order valence-electron chi connectivity index (χ3n) is 4.98. The number of hydrogen-bond donors (Lipinski definition) is 1. The summed E-state index contributed by atoms with van der Waals surface area (Å²) in [5.41, 5.74) is 1.74. The Morgan fingerprint density at radius 2 is 1.72 bits per heavy atom. The van der Waals surface area contributed by atoms with Gasteiger partial charge in [0.05, 0.1) is 17.8 Å². The number of aliphatic hydroxyl groups excluding tert-OH is 1. The Balaban J connectivity index is 1.81. The molecule has 7 nitrogen and oxygen atoms in total. The van der Waals surface area contributed by atoms with Crippen LogP contribution in [0.25, 0.3) is 5.69 Å². The molecule has 1 aliphatic heterocycles. The number of nitrogens with zero attached hydrogens (tertiary/aromatic N) is 5. The van der Waals surface area contributed by atoms with Crippen LogP contribution < -0.4 is 10.6 Å². The normalized spacial score (nSPS) is 18.3. The maximum absolute atomic E-state index is 12.6. The molecule has 7 heteroatoms. The highest BCUT2D eigenvalue weighted by Crippen LogP contribution is 2.19. The molecule has 0 aliphatic carbocycles. The Morgan fingerprint density at radius 3 is 2.28 bits per heavy atom. The molecule has 1 N–H and O–H groups in total. The largest absolute Gasteiger partial charge is 0.391 e. The van der Waals surface area contributed by atoms with Gasteiger partial charge in [-0.1, -0.05) is 6.92 Å². The summed E-state index contributed by atoms with van der Waals surface area (Å²) in [6.45, 7) is 7.77. The van der Waals surface area contributed by atoms with Crippen molar-refractivity contribution in [2.24, 2.45) is 0 Å². The highest BCUT2D eigenvalue weighted by Gasteiger charge is 2.20. The van der Waals surface area contributed by atoms with E-state index in [2.05, 4.69) is 34.1 Å². The zero-order chi connectivity index (χ0) is 18.0. The predicted molar refractivity (Wildman–Crippen MR) is 98.5 cm³/mol. The zero-order valence-electron chi connectivity index (χ0n) is 15.2. The first-order valence-corrected chi connectivity index (χ1v) is 8.89. The van der Waals surface area contributed by atoms with Crippen molar-refractivity contribution in [3.05, 3.63) is 41.1 Å². The number of hydrogen-bond acceptors (Lipinski definition) is 5. The Labute approximate surface area is 148 Å². The lowest BCUT2D eigenvalue weighted by atomic mass is 10.1. The van der Waals surface area contributed by atoms with Gasteiger partial charge in [-0.25, -0.2) is 14.0 Å². The number of piperazine rings is 1. The lowest BCUT2D eigenvalue weighted by Crippen LogP contribution is -2.44. The van der Waals surface area contributed by atoms with Crippen LogP contribution in [0.3, 0.4) is 0 Å². The number of benzene rings is 1. The fraction of sp³-hybridized carbons (Fsp3) is 0.556. The predicted octanol–water partition coefficient (Wildman–Crippen LogP) is 1.12. The van der Waals surface area contributed by atoms with Gasteiger partial charge in [0.1, 0.15) is 6.33 Å². The molecule has 136 valence electrons. The van der Waals surface area contributed by atoms with Gasteiger partial charge in [0.15, 0.2) is 0 Å². The minimum atomic E-state index is -0.620. The minimum absolute atomic E-state index is 0.222. The summed E-state index contributed by atoms with van der Waals surface area (Å²) in [7, 11) is 2.14. The van der Waals surface area contributed by atoms with Crippen molar-refractivity contribution in [1.82, 2.24) is 19.2 Å². The second kappa shape index (κ2) is 7.41. The topological polar surface area (TPSA) is 66.5 Å². The van der Waals surface area contributed by atoms with Crippen LogP contribution >= 0.6 is 0 Å². The number of likely N-dealkylation sites (N-methyl/N-ethyl adjacent to an activating group) is 1. The molecule has 2 atom stereocenters. The molecule has 1 aliphatic rings. The molecule has 25 heavy (non-hydrogen) atoms. The van der Waals surface area contributed by atoms with Crippen molar-refractivity contribution in [1.29, 1.82) is 0 Å². The molecular weight excluding hydrogens is 318 g/mol. The van der Waals surface area contributed by atoms with Crippen LogP contribution in [0.5, 0.6) is 0 Å². The Hall–Kier alpha value is -2.12. The quantitative estimate of drug-likeness (QED) is 0.880. The van der Waals surface area contributed by atoms with Crippen LogP contribution in [-0.2, 0) is 0 Å². The number of aliphatic hydroxyl groups is 1. The molecule has 2 unspecified atom stereocenters. The van der Waals surface area contributed by atoms with E-state index in [1.165, 1.54) is 21.3 Å². The second-order valence-corrected chi connectivity index (χ2v) is 6.75. The van der Waals surface area contributed by atoms with Gasteiger partial charge in [0.2, 0.25) is 0 Å². The van der Waals surface area contributed by atoms with Crippen LogP contribution in [-0.4, -0.2) is 63.7 Å². The second-order valence-electron chi connectivity index (χ2n) is 6.75. The van der Waals surface area contributed by atoms with Gasteiger partial charge in [0, 0.05) is 31.9 Å². The van der Waals surface area contributed by atoms with Gasteiger partial charge in [-0.2, -0.15) is 5.10 Å². The smallest absolute Gasteiger partial charge is 0.350 e. The summed E-state index contributed by atoms with van der Waals surface area (Å²) in [4.78, 5) is 17.3. The lowest BCUT2D eigenvalue weighted by molar-refractivity contribution is 0.118. The van der Waals surface area contributed by atoms with Crippen LogP contribution in [0, 0.1) is 0 Å². The molecule has 1 aromatic carbocycles. The Kier molecular flexibility index (Phi) is 5.24. The standard InChI is InChI=1S/C18H27N5O2/c1-4-17(14(2)24)23-18(25)22(13-19-23)16-7-5-15(6-8-16)21-11-9-20(3)10-12-21/h5-8,13-14,17,24H,4,9-12H2,1-3H3. The van der Waals surface area contributed by atoms with Gasteiger partial charge in [-0.05, 0) is 44.7 Å². The average Bonchev–Trinajstić information content (AvgIpc) is 2.98. The molecule has 0 bridgehead atoms. The maximum Gasteiger partial charge on any atom is 0.350 e. The van der Waals surface area contributed by atoms with Crippen LogP contribution in [0.4, 0.5) is 5.69 Å². The third kappa shape index (κ3) is 3.62. The average molecular weight is 345 g/mol. The van der Waals surface area contributed by atoms with E-state index in [0.717, 1.165) is 31.9 Å². The van der Waals surface area contributed by atoms with Gasteiger partial charge in [-0.15, -0.1) is 0 Å². The maximum atomic E-state index is 12.6. The molecule has 0 amide bonds. The molecule has 2 heterocycles. The number of aromatic nitrogens is 3. The molecule has 0 radical (unpaired) electrons. The number of rotatable bonds is 5. The molecule has 1 fully saturated rings. The first-order chi connectivity index (χ1) is 12.0. The molecule has 3 rings (SSSR count). The zero-order valence-corrected chi connectivity index (χ0v) is 15.2. The monoisotopic (exact) mass is 345 g/mol. The Bertz CT molecular complexity index is 742. The van der Waals surface area contributed by atoms with Gasteiger partial charge >= 0.3 is 5.69 Å². The van der Waals surface area contributed by atoms with E-state index in [1.54, 1.807) is 6.92 Å². The minimum Gasteiger partial charge on any atom is -0.391 e. The van der Waals surface area contributed by atoms with Crippen molar-refractivity contribution in [2.75, 3.05) is 38.1 Å². The van der Waals surface area contributed by atoms with Crippen LogP contribution in [0.1, 0.15) is 26.3 Å². The summed E-state index contributed by atoms with van der Waals surface area (Å²) in [6.07, 6.45) is 1.56. The van der Waals surface area contributed by atoms with Crippen molar-refractivity contribution in [2.45, 2.75) is 32.4 Å². The van der Waals surface area contributed by atoms with E-state index in [9.17, 15) is 9.90 Å². The highest BCUT2D eigenvalue weighted by molar-refractivity contribution is 5.51. The molecular formula is C18H27N5O2. The van der Waals surface area contributed by atoms with Crippen molar-refractivity contribution >= 4 is 5.69 Å². The van der Waals surface area contributed by atoms with Crippen LogP contribution in [0.15, 0.2) is 35.4 Å². The fourth-order valence-electron chi connectivity index (χ4n) is 3.33. The summed E-state index contributed by atoms with van der Waals surface area (Å²) in [5, 5.41) is 14.0. The SMILES string of the molecule is CCC(C(C)O)n1ncn(-c2ccc(N3CCN(C)CC3)cc2)c1=O. The Morgan fingerprint density at radius 1 is 1.12 bits per heavy atom. The molecule has 0 spiro atoms. The van der Waals surface area contributed by atoms with E-state index in [-0.39, 0.29) is 11.7 Å². The highest BCUT2D eigenvalue weighted by atomic mass is 16.3. The van der Waals surface area contributed by atoms with E-state index in [1.807, 2.05) is 19.1 Å². The van der Waals surface area contributed by atoms with Gasteiger partial charge in [0.25, 0.3) is 0 Å².